The van der Waals surface area contributed by atoms with Crippen LogP contribution in [0.2, 0.25) is 0 Å². The number of rotatable bonds is 10. The summed E-state index contributed by atoms with van der Waals surface area (Å²) in [4.78, 5) is 14.9. The van der Waals surface area contributed by atoms with Crippen molar-refractivity contribution in [3.05, 3.63) is 72.1 Å². The molecule has 2 heterocycles. The molecule has 0 spiro atoms. The summed E-state index contributed by atoms with van der Waals surface area (Å²) in [6.07, 6.45) is 3.91. The van der Waals surface area contributed by atoms with E-state index >= 15 is 0 Å². The Bertz CT molecular complexity index is 1060. The van der Waals surface area contributed by atoms with Gasteiger partial charge < -0.3 is 19.5 Å². The third-order valence-corrected chi connectivity index (χ3v) is 6.04. The third kappa shape index (κ3) is 6.36. The van der Waals surface area contributed by atoms with Crippen LogP contribution >= 0.6 is 0 Å². The summed E-state index contributed by atoms with van der Waals surface area (Å²) in [6, 6.07) is 17.6. The number of aromatic nitrogens is 2. The highest BCUT2D eigenvalue weighted by Crippen LogP contribution is 2.16. The van der Waals surface area contributed by atoms with Gasteiger partial charge in [0.2, 0.25) is 0 Å². The van der Waals surface area contributed by atoms with E-state index in [1.165, 1.54) is 0 Å². The standard InChI is InChI=1S/C26H32N4O4/c1-29(21-11-15-33-16-12-21)14-17-34-24-5-3-4-20(18-24)19-27-26(31)25-10-13-30(28-25)22-6-8-23(32-2)9-7-22/h3-10,13,18,21H,11-12,14-17,19H2,1-2H3,(H,27,31). The molecule has 3 aromatic rings. The number of nitrogens with zero attached hydrogens (tertiary/aromatic N) is 3. The maximum Gasteiger partial charge on any atom is 0.272 e. The van der Waals surface area contributed by atoms with Gasteiger partial charge in [-0.15, -0.1) is 0 Å². The van der Waals surface area contributed by atoms with Crippen LogP contribution in [-0.4, -0.2) is 67.2 Å². The Kier molecular flexibility index (Phi) is 8.17. The highest BCUT2D eigenvalue weighted by Gasteiger charge is 2.18. The first-order chi connectivity index (χ1) is 16.6. The zero-order valence-electron chi connectivity index (χ0n) is 19.8. The molecule has 2 aromatic carbocycles. The Hall–Kier alpha value is -3.36. The van der Waals surface area contributed by atoms with Gasteiger partial charge >= 0.3 is 0 Å². The number of carbonyl (C=O) groups excluding carboxylic acids is 1. The molecule has 0 radical (unpaired) electrons. The largest absolute Gasteiger partial charge is 0.497 e. The van der Waals surface area contributed by atoms with E-state index < -0.39 is 0 Å². The van der Waals surface area contributed by atoms with E-state index in [1.807, 2.05) is 48.5 Å². The SMILES string of the molecule is COc1ccc(-n2ccc(C(=O)NCc3cccc(OCCN(C)C4CCOCC4)c3)n2)cc1. The fourth-order valence-electron chi connectivity index (χ4n) is 3.96. The predicted octanol–water partition coefficient (Wildman–Crippen LogP) is 3.30. The topological polar surface area (TPSA) is 77.8 Å². The van der Waals surface area contributed by atoms with Gasteiger partial charge in [-0.25, -0.2) is 4.68 Å². The van der Waals surface area contributed by atoms with E-state index in [9.17, 15) is 4.79 Å². The molecule has 0 bridgehead atoms. The van der Waals surface area contributed by atoms with Gasteiger partial charge in [0.25, 0.3) is 5.91 Å². The molecular weight excluding hydrogens is 432 g/mol. The first-order valence-electron chi connectivity index (χ1n) is 11.6. The second-order valence-electron chi connectivity index (χ2n) is 8.35. The van der Waals surface area contributed by atoms with E-state index in [-0.39, 0.29) is 5.91 Å². The number of carbonyl (C=O) groups is 1. The maximum atomic E-state index is 12.6. The van der Waals surface area contributed by atoms with Crippen molar-refractivity contribution in [1.29, 1.82) is 0 Å². The van der Waals surface area contributed by atoms with Crippen LogP contribution in [-0.2, 0) is 11.3 Å². The first kappa shape index (κ1) is 23.8. The van der Waals surface area contributed by atoms with Crippen LogP contribution in [0.3, 0.4) is 0 Å². The number of likely N-dealkylation sites (N-methyl/N-ethyl adjacent to an activating group) is 1. The van der Waals surface area contributed by atoms with E-state index in [0.29, 0.717) is 24.9 Å². The van der Waals surface area contributed by atoms with Crippen LogP contribution in [0.25, 0.3) is 5.69 Å². The Morgan fingerprint density at radius 2 is 1.94 bits per heavy atom. The van der Waals surface area contributed by atoms with Crippen LogP contribution in [0.5, 0.6) is 11.5 Å². The van der Waals surface area contributed by atoms with Gasteiger partial charge in [-0.05, 0) is 67.9 Å². The first-order valence-corrected chi connectivity index (χ1v) is 11.6. The monoisotopic (exact) mass is 464 g/mol. The maximum absolute atomic E-state index is 12.6. The molecule has 0 atom stereocenters. The smallest absolute Gasteiger partial charge is 0.272 e. The Morgan fingerprint density at radius 3 is 2.71 bits per heavy atom. The summed E-state index contributed by atoms with van der Waals surface area (Å²) in [5.74, 6) is 1.35. The molecule has 4 rings (SSSR count). The molecule has 0 unspecified atom stereocenters. The van der Waals surface area contributed by atoms with Crippen molar-refractivity contribution in [2.45, 2.75) is 25.4 Å². The van der Waals surface area contributed by atoms with E-state index in [2.05, 4.69) is 22.4 Å². The summed E-state index contributed by atoms with van der Waals surface area (Å²) in [5.41, 5.74) is 2.18. The highest BCUT2D eigenvalue weighted by atomic mass is 16.5. The molecule has 0 saturated carbocycles. The van der Waals surface area contributed by atoms with Gasteiger partial charge in [-0.3, -0.25) is 9.69 Å². The van der Waals surface area contributed by atoms with Crippen LogP contribution in [0.1, 0.15) is 28.9 Å². The quantitative estimate of drug-likeness (QED) is 0.496. The molecule has 8 nitrogen and oxygen atoms in total. The van der Waals surface area contributed by atoms with Gasteiger partial charge in [-0.1, -0.05) is 12.1 Å². The zero-order valence-corrected chi connectivity index (χ0v) is 19.8. The highest BCUT2D eigenvalue weighted by molar-refractivity contribution is 5.92. The molecule has 1 saturated heterocycles. The van der Waals surface area contributed by atoms with Gasteiger partial charge in [0.05, 0.1) is 12.8 Å². The van der Waals surface area contributed by atoms with E-state index in [4.69, 9.17) is 14.2 Å². The zero-order chi connectivity index (χ0) is 23.8. The van der Waals surface area contributed by atoms with Crippen LogP contribution in [0, 0.1) is 0 Å². The van der Waals surface area contributed by atoms with Crippen LogP contribution < -0.4 is 14.8 Å². The molecule has 1 amide bonds. The van der Waals surface area contributed by atoms with Gasteiger partial charge in [-0.2, -0.15) is 5.10 Å². The summed E-state index contributed by atoms with van der Waals surface area (Å²) in [7, 11) is 3.77. The molecule has 1 aliphatic heterocycles. The summed E-state index contributed by atoms with van der Waals surface area (Å²) < 4.78 is 18.2. The summed E-state index contributed by atoms with van der Waals surface area (Å²) >= 11 is 0. The van der Waals surface area contributed by atoms with Crippen molar-refractivity contribution < 1.29 is 19.0 Å². The molecule has 1 N–H and O–H groups in total. The minimum absolute atomic E-state index is 0.225. The third-order valence-electron chi connectivity index (χ3n) is 6.04. The minimum atomic E-state index is -0.225. The lowest BCUT2D eigenvalue weighted by atomic mass is 10.1. The Morgan fingerprint density at radius 1 is 1.15 bits per heavy atom. The number of methoxy groups -OCH3 is 1. The Labute approximate surface area is 200 Å². The Balaban J connectivity index is 1.25. The minimum Gasteiger partial charge on any atom is -0.497 e. The lowest BCUT2D eigenvalue weighted by Gasteiger charge is -2.31. The molecule has 0 aliphatic carbocycles. The number of hydrogen-bond donors (Lipinski definition) is 1. The normalized spacial score (nSPS) is 14.2. The average molecular weight is 465 g/mol. The number of nitrogens with one attached hydrogen (secondary N) is 1. The second-order valence-corrected chi connectivity index (χ2v) is 8.35. The van der Waals surface area contributed by atoms with Crippen molar-refractivity contribution in [2.24, 2.45) is 0 Å². The van der Waals surface area contributed by atoms with Gasteiger partial charge in [0, 0.05) is 38.5 Å². The van der Waals surface area contributed by atoms with E-state index in [0.717, 1.165) is 55.4 Å². The van der Waals surface area contributed by atoms with Crippen LogP contribution in [0.15, 0.2) is 60.8 Å². The van der Waals surface area contributed by atoms with Gasteiger partial charge in [0.15, 0.2) is 5.69 Å². The fraction of sp³-hybridized carbons (Fsp3) is 0.385. The molecule has 180 valence electrons. The van der Waals surface area contributed by atoms with Crippen molar-refractivity contribution in [1.82, 2.24) is 20.0 Å². The number of hydrogen-bond acceptors (Lipinski definition) is 6. The average Bonchev–Trinajstić information content (AvgIpc) is 3.39. The fourth-order valence-corrected chi connectivity index (χ4v) is 3.96. The summed E-state index contributed by atoms with van der Waals surface area (Å²) in [6.45, 7) is 3.55. The summed E-state index contributed by atoms with van der Waals surface area (Å²) in [5, 5.41) is 7.32. The van der Waals surface area contributed by atoms with Gasteiger partial charge in [0.1, 0.15) is 18.1 Å². The lowest BCUT2D eigenvalue weighted by Crippen LogP contribution is -2.38. The van der Waals surface area contributed by atoms with Crippen LogP contribution in [0.4, 0.5) is 0 Å². The molecule has 1 fully saturated rings. The predicted molar refractivity (Wildman–Crippen MR) is 130 cm³/mol. The molecule has 1 aromatic heterocycles. The second kappa shape index (κ2) is 11.7. The molecular formula is C26H32N4O4. The molecule has 34 heavy (non-hydrogen) atoms. The van der Waals surface area contributed by atoms with Crippen molar-refractivity contribution in [2.75, 3.05) is 40.5 Å². The molecule has 1 aliphatic rings. The van der Waals surface area contributed by atoms with E-state index in [1.54, 1.807) is 24.1 Å². The van der Waals surface area contributed by atoms with Crippen molar-refractivity contribution >= 4 is 5.91 Å². The lowest BCUT2D eigenvalue weighted by molar-refractivity contribution is 0.0392. The van der Waals surface area contributed by atoms with Crippen molar-refractivity contribution in [3.63, 3.8) is 0 Å². The molecule has 8 heteroatoms. The number of amides is 1. The number of ether oxygens (including phenoxy) is 3. The van der Waals surface area contributed by atoms with Crippen molar-refractivity contribution in [3.8, 4) is 17.2 Å². The number of benzene rings is 2.